The molecule has 0 nitrogen and oxygen atoms in total. The van der Waals surface area contributed by atoms with Crippen molar-refractivity contribution in [3.05, 3.63) is 0 Å². The van der Waals surface area contributed by atoms with Crippen LogP contribution in [0, 0.1) is 5.41 Å². The predicted molar refractivity (Wildman–Crippen MR) is 39.6 cm³/mol. The molecule has 8 heavy (non-hydrogen) atoms. The van der Waals surface area contributed by atoms with E-state index in [1.165, 1.54) is 6.42 Å². The first kappa shape index (κ1) is 6.85. The number of hydrogen-bond acceptors (Lipinski definition) is 0. The van der Waals surface area contributed by atoms with E-state index >= 15 is 0 Å². The standard InChI is InChI=1S/C7H13.In/c1-5-7(3,4)6-2;/h1,6H,5H2,2-4H3;. The van der Waals surface area contributed by atoms with Crippen molar-refractivity contribution in [1.82, 2.24) is 0 Å². The molecule has 1 heterocycles. The van der Waals surface area contributed by atoms with Crippen LogP contribution in [0.5, 0.6) is 0 Å². The molecule has 0 N–H and O–H groups in total. The van der Waals surface area contributed by atoms with Crippen LogP contribution in [0.25, 0.3) is 0 Å². The third kappa shape index (κ3) is 1.18. The first-order valence-electron chi connectivity index (χ1n) is 3.29. The number of rotatable bonds is 0. The molecule has 44 valence electrons. The molecule has 0 amide bonds. The summed E-state index contributed by atoms with van der Waals surface area (Å²) in [5.41, 5.74) is 0.682. The molecule has 1 rings (SSSR count). The molecule has 0 aromatic rings. The second-order valence-corrected chi connectivity index (χ2v) is 8.71. The maximum atomic E-state index is 2.60. The second-order valence-electron chi connectivity index (χ2n) is 3.41. The molecule has 0 spiro atoms. The van der Waals surface area contributed by atoms with E-state index in [0.717, 1.165) is 3.67 Å². The van der Waals surface area contributed by atoms with Gasteiger partial charge in [-0.2, -0.15) is 0 Å². The Kier molecular flexibility index (Phi) is 1.86. The van der Waals surface area contributed by atoms with Crippen LogP contribution in [0.15, 0.2) is 0 Å². The zero-order valence-corrected chi connectivity index (χ0v) is 9.23. The van der Waals surface area contributed by atoms with Gasteiger partial charge < -0.3 is 0 Å². The van der Waals surface area contributed by atoms with Crippen molar-refractivity contribution in [2.75, 3.05) is 0 Å². The van der Waals surface area contributed by atoms with Gasteiger partial charge >= 0.3 is 62.5 Å². The summed E-state index contributed by atoms with van der Waals surface area (Å²) in [6.07, 6.45) is 1.40. The summed E-state index contributed by atoms with van der Waals surface area (Å²) in [6.45, 7) is 7.21. The summed E-state index contributed by atoms with van der Waals surface area (Å²) >= 11 is -0.162. The Bertz CT molecular complexity index is 114. The van der Waals surface area contributed by atoms with Gasteiger partial charge in [-0.3, -0.25) is 0 Å². The van der Waals surface area contributed by atoms with Crippen molar-refractivity contribution in [2.45, 2.75) is 30.9 Å². The fraction of sp³-hybridized carbons (Fsp3) is 0.857. The van der Waals surface area contributed by atoms with Crippen molar-refractivity contribution >= 4 is 26.2 Å². The third-order valence-electron chi connectivity index (χ3n) is 2.30. The molecule has 1 unspecified atom stereocenters. The fourth-order valence-electron chi connectivity index (χ4n) is 1.02. The molecule has 0 aliphatic carbocycles. The van der Waals surface area contributed by atoms with E-state index in [4.69, 9.17) is 0 Å². The van der Waals surface area contributed by atoms with Crippen LogP contribution in [-0.2, 0) is 0 Å². The van der Waals surface area contributed by atoms with Crippen molar-refractivity contribution in [1.29, 1.82) is 0 Å². The molecule has 0 saturated carbocycles. The number of hydrogen-bond donors (Lipinski definition) is 0. The van der Waals surface area contributed by atoms with Gasteiger partial charge in [0.1, 0.15) is 0 Å². The van der Waals surface area contributed by atoms with Crippen LogP contribution in [0.1, 0.15) is 27.2 Å². The minimum absolute atomic E-state index is 0.162. The van der Waals surface area contributed by atoms with Crippen molar-refractivity contribution in [3.63, 3.8) is 0 Å². The Labute approximate surface area is 62.5 Å². The second kappa shape index (κ2) is 2.17. The summed E-state index contributed by atoms with van der Waals surface area (Å²) in [7, 11) is 0. The van der Waals surface area contributed by atoms with Crippen LogP contribution in [0.4, 0.5) is 0 Å². The molecule has 1 atom stereocenters. The van der Waals surface area contributed by atoms with E-state index in [0.29, 0.717) is 5.41 Å². The van der Waals surface area contributed by atoms with Gasteiger partial charge in [-0.15, -0.1) is 0 Å². The van der Waals surface area contributed by atoms with E-state index in [2.05, 4.69) is 24.5 Å². The summed E-state index contributed by atoms with van der Waals surface area (Å²) in [6, 6.07) is 0. The van der Waals surface area contributed by atoms with Crippen LogP contribution >= 0.6 is 0 Å². The maximum absolute atomic E-state index is 2.60. The van der Waals surface area contributed by atoms with E-state index in [-0.39, 0.29) is 22.4 Å². The van der Waals surface area contributed by atoms with Gasteiger partial charge in [-0.25, -0.2) is 0 Å². The molecule has 0 aromatic heterocycles. The zero-order chi connectivity index (χ0) is 6.20. The van der Waals surface area contributed by atoms with E-state index in [1.54, 1.807) is 0 Å². The normalized spacial score (nSPS) is 32.6. The molecule has 0 radical (unpaired) electrons. The Morgan fingerprint density at radius 3 is 2.38 bits per heavy atom. The van der Waals surface area contributed by atoms with Gasteiger partial charge in [0.15, 0.2) is 0 Å². The van der Waals surface area contributed by atoms with E-state index in [9.17, 15) is 0 Å². The zero-order valence-electron chi connectivity index (χ0n) is 5.94. The molecule has 1 heteroatoms. The van der Waals surface area contributed by atoms with E-state index in [1.807, 2.05) is 0 Å². The average Bonchev–Trinajstić information content (AvgIpc) is 1.86. The van der Waals surface area contributed by atoms with Gasteiger partial charge in [-0.05, 0) is 0 Å². The Morgan fingerprint density at radius 1 is 1.62 bits per heavy atom. The van der Waals surface area contributed by atoms with Crippen molar-refractivity contribution in [3.8, 4) is 0 Å². The molecule has 0 fully saturated rings. The van der Waals surface area contributed by atoms with Crippen LogP contribution in [0.3, 0.4) is 0 Å². The Balaban J connectivity index is 2.64. The minimum atomic E-state index is -0.162. The third-order valence-corrected chi connectivity index (χ3v) is 7.97. The quantitative estimate of drug-likeness (QED) is 0.573. The van der Waals surface area contributed by atoms with Crippen LogP contribution in [0.2, 0.25) is 3.67 Å². The first-order chi connectivity index (χ1) is 3.63. The van der Waals surface area contributed by atoms with Gasteiger partial charge in [0.05, 0.1) is 0 Å². The molecule has 0 bridgehead atoms. The van der Waals surface area contributed by atoms with Gasteiger partial charge in [0.2, 0.25) is 0 Å². The topological polar surface area (TPSA) is 0 Å². The summed E-state index contributed by atoms with van der Waals surface area (Å²) in [5.74, 6) is 0. The average molecular weight is 212 g/mol. The molecule has 0 aromatic carbocycles. The molecule has 1 aliphatic rings. The van der Waals surface area contributed by atoms with Crippen LogP contribution in [-0.4, -0.2) is 26.2 Å². The SMILES string of the molecule is C[CH]1[In]=[CH]CC1(C)C. The van der Waals surface area contributed by atoms with Crippen molar-refractivity contribution in [2.24, 2.45) is 5.41 Å². The molecular weight excluding hydrogens is 199 g/mol. The van der Waals surface area contributed by atoms with Crippen LogP contribution < -0.4 is 0 Å². The van der Waals surface area contributed by atoms with Gasteiger partial charge in [-0.1, -0.05) is 0 Å². The summed E-state index contributed by atoms with van der Waals surface area (Å²) in [5, 5.41) is 0. The van der Waals surface area contributed by atoms with Gasteiger partial charge in [0.25, 0.3) is 0 Å². The molecular formula is C7H13In. The Hall–Kier alpha value is 0.740. The molecule has 0 saturated heterocycles. The van der Waals surface area contributed by atoms with E-state index < -0.39 is 0 Å². The van der Waals surface area contributed by atoms with Crippen molar-refractivity contribution < 1.29 is 0 Å². The summed E-state index contributed by atoms with van der Waals surface area (Å²) < 4.78 is 3.69. The Morgan fingerprint density at radius 2 is 2.25 bits per heavy atom. The predicted octanol–water partition coefficient (Wildman–Crippen LogP) is 1.73. The summed E-state index contributed by atoms with van der Waals surface area (Å²) in [4.78, 5) is 0. The monoisotopic (exact) mass is 212 g/mol. The first-order valence-corrected chi connectivity index (χ1v) is 7.10. The fourth-order valence-corrected chi connectivity index (χ4v) is 6.19. The van der Waals surface area contributed by atoms with Gasteiger partial charge in [0, 0.05) is 0 Å². The molecule has 1 aliphatic heterocycles.